The summed E-state index contributed by atoms with van der Waals surface area (Å²) in [5, 5.41) is 0.621. The number of nitrogens with zero attached hydrogens (tertiary/aromatic N) is 8. The zero-order valence-electron chi connectivity index (χ0n) is 24.4. The fraction of sp³-hybridized carbons (Fsp3) is 0.219. The molecule has 0 amide bonds. The molecular formula is C32H27F3N8O2. The van der Waals surface area contributed by atoms with Crippen molar-refractivity contribution in [3.8, 4) is 22.7 Å². The van der Waals surface area contributed by atoms with Gasteiger partial charge in [-0.05, 0) is 48.0 Å². The molecule has 5 heterocycles. The molecule has 0 bridgehead atoms. The number of aromatic nitrogens is 6. The lowest BCUT2D eigenvalue weighted by molar-refractivity contribution is -0.137. The van der Waals surface area contributed by atoms with Gasteiger partial charge < -0.3 is 14.5 Å². The Morgan fingerprint density at radius 3 is 2.24 bits per heavy atom. The van der Waals surface area contributed by atoms with Crippen LogP contribution in [0.4, 0.5) is 24.8 Å². The summed E-state index contributed by atoms with van der Waals surface area (Å²) in [4.78, 5) is 34.6. The molecule has 0 atom stereocenters. The molecule has 13 heteroatoms. The van der Waals surface area contributed by atoms with E-state index in [9.17, 15) is 18.0 Å². The fourth-order valence-corrected chi connectivity index (χ4v) is 5.86. The maximum atomic E-state index is 14.6. The summed E-state index contributed by atoms with van der Waals surface area (Å²) in [7, 11) is 3.12. The van der Waals surface area contributed by atoms with E-state index < -0.39 is 17.4 Å². The van der Waals surface area contributed by atoms with Crippen LogP contribution in [0, 0.1) is 0 Å². The minimum atomic E-state index is -4.66. The number of alkyl halides is 3. The first-order valence-electron chi connectivity index (χ1n) is 14.2. The molecular weight excluding hydrogens is 585 g/mol. The van der Waals surface area contributed by atoms with Gasteiger partial charge in [0, 0.05) is 74.5 Å². The van der Waals surface area contributed by atoms with Crippen LogP contribution in [0.15, 0.2) is 84.2 Å². The zero-order valence-corrected chi connectivity index (χ0v) is 24.4. The average Bonchev–Trinajstić information content (AvgIpc) is 3.33. The standard InChI is InChI=1S/C32H27F3N8O2/c1-40-27-19-38-25-7-4-20(21-5-9-28(45-2)39-18-21)16-23(25)29(27)43(31(40)44)22-6-8-26(24(17-22)32(33,34)35)41-12-14-42(15-13-41)30-36-10-3-11-37-30/h3-11,16-19H,12-15H2,1-2H3. The van der Waals surface area contributed by atoms with E-state index in [4.69, 9.17) is 4.74 Å². The van der Waals surface area contributed by atoms with E-state index in [0.29, 0.717) is 59.9 Å². The Kier molecular flexibility index (Phi) is 6.87. The van der Waals surface area contributed by atoms with E-state index in [2.05, 4.69) is 19.9 Å². The predicted octanol–water partition coefficient (Wildman–Crippen LogP) is 5.08. The first-order chi connectivity index (χ1) is 21.7. The van der Waals surface area contributed by atoms with E-state index in [1.807, 2.05) is 29.2 Å². The average molecular weight is 613 g/mol. The van der Waals surface area contributed by atoms with Gasteiger partial charge in [-0.3, -0.25) is 14.1 Å². The molecule has 0 spiro atoms. The molecule has 7 rings (SSSR count). The number of pyridine rings is 2. The van der Waals surface area contributed by atoms with Gasteiger partial charge in [0.2, 0.25) is 11.8 Å². The van der Waals surface area contributed by atoms with Crippen LogP contribution in [0.2, 0.25) is 0 Å². The predicted molar refractivity (Wildman–Crippen MR) is 165 cm³/mol. The van der Waals surface area contributed by atoms with Crippen LogP contribution in [0.1, 0.15) is 5.56 Å². The third kappa shape index (κ3) is 4.99. The monoisotopic (exact) mass is 612 g/mol. The molecule has 6 aromatic rings. The van der Waals surface area contributed by atoms with Gasteiger partial charge in [-0.15, -0.1) is 0 Å². The Morgan fingerprint density at radius 1 is 0.822 bits per heavy atom. The minimum Gasteiger partial charge on any atom is -0.481 e. The fourth-order valence-electron chi connectivity index (χ4n) is 5.86. The van der Waals surface area contributed by atoms with Crippen molar-refractivity contribution in [3.63, 3.8) is 0 Å². The Labute approximate surface area is 255 Å². The summed E-state index contributed by atoms with van der Waals surface area (Å²) < 4.78 is 51.8. The van der Waals surface area contributed by atoms with Crippen LogP contribution in [0.5, 0.6) is 5.88 Å². The summed E-state index contributed by atoms with van der Waals surface area (Å²) >= 11 is 0. The van der Waals surface area contributed by atoms with Crippen molar-refractivity contribution < 1.29 is 17.9 Å². The topological polar surface area (TPSA) is 94.2 Å². The van der Waals surface area contributed by atoms with Crippen molar-refractivity contribution in [2.45, 2.75) is 6.18 Å². The number of ether oxygens (including phenoxy) is 1. The first kappa shape index (κ1) is 28.3. The number of fused-ring (bicyclic) bond motifs is 3. The normalized spacial score (nSPS) is 14.0. The highest BCUT2D eigenvalue weighted by molar-refractivity contribution is 6.04. The third-order valence-electron chi connectivity index (χ3n) is 8.16. The number of rotatable bonds is 5. The number of hydrogen-bond donors (Lipinski definition) is 0. The van der Waals surface area contributed by atoms with Gasteiger partial charge in [0.25, 0.3) is 0 Å². The van der Waals surface area contributed by atoms with Crippen molar-refractivity contribution >= 4 is 33.6 Å². The molecule has 2 aromatic carbocycles. The second-order valence-electron chi connectivity index (χ2n) is 10.7. The lowest BCUT2D eigenvalue weighted by Crippen LogP contribution is -2.47. The smallest absolute Gasteiger partial charge is 0.418 e. The number of aryl methyl sites for hydroxylation is 1. The highest BCUT2D eigenvalue weighted by Crippen LogP contribution is 2.39. The van der Waals surface area contributed by atoms with Gasteiger partial charge in [-0.1, -0.05) is 6.07 Å². The van der Waals surface area contributed by atoms with Gasteiger partial charge in [0.1, 0.15) is 0 Å². The largest absolute Gasteiger partial charge is 0.481 e. The number of piperazine rings is 1. The molecule has 10 nitrogen and oxygen atoms in total. The van der Waals surface area contributed by atoms with Crippen LogP contribution < -0.4 is 20.2 Å². The number of anilines is 2. The molecule has 1 fully saturated rings. The highest BCUT2D eigenvalue weighted by Gasteiger charge is 2.36. The second-order valence-corrected chi connectivity index (χ2v) is 10.7. The molecule has 0 aliphatic carbocycles. The molecule has 1 aliphatic rings. The minimum absolute atomic E-state index is 0.0639. The quantitative estimate of drug-likeness (QED) is 0.266. The first-order valence-corrected chi connectivity index (χ1v) is 14.2. The SMILES string of the molecule is COc1ccc(-c2ccc3ncc4c(c3c2)n(-c2ccc(N3CCN(c5ncccn5)CC3)c(C(F)(F)F)c2)c(=O)n4C)cn1. The van der Waals surface area contributed by atoms with E-state index in [1.54, 1.807) is 54.9 Å². The van der Waals surface area contributed by atoms with Crippen LogP contribution in [-0.4, -0.2) is 62.4 Å². The van der Waals surface area contributed by atoms with Crippen molar-refractivity contribution in [3.05, 3.63) is 95.4 Å². The number of methoxy groups -OCH3 is 1. The molecule has 228 valence electrons. The van der Waals surface area contributed by atoms with Gasteiger partial charge in [-0.2, -0.15) is 13.2 Å². The molecule has 0 unspecified atom stereocenters. The summed E-state index contributed by atoms with van der Waals surface area (Å²) in [6.45, 7) is 1.65. The third-order valence-corrected chi connectivity index (χ3v) is 8.16. The molecule has 1 aliphatic heterocycles. The van der Waals surface area contributed by atoms with Crippen molar-refractivity contribution in [1.82, 2.24) is 29.1 Å². The Morgan fingerprint density at radius 2 is 1.56 bits per heavy atom. The second kappa shape index (κ2) is 10.9. The maximum Gasteiger partial charge on any atom is 0.418 e. The van der Waals surface area contributed by atoms with E-state index in [0.717, 1.165) is 17.2 Å². The highest BCUT2D eigenvalue weighted by atomic mass is 19.4. The summed E-state index contributed by atoms with van der Waals surface area (Å²) in [6, 6.07) is 15.0. The summed E-state index contributed by atoms with van der Waals surface area (Å²) in [5.74, 6) is 1.02. The Balaban J connectivity index is 1.33. The van der Waals surface area contributed by atoms with Gasteiger partial charge in [0.05, 0.1) is 41.1 Å². The summed E-state index contributed by atoms with van der Waals surface area (Å²) in [5.41, 5.74) is 2.06. The molecule has 0 radical (unpaired) electrons. The van der Waals surface area contributed by atoms with Gasteiger partial charge in [-0.25, -0.2) is 19.7 Å². The van der Waals surface area contributed by atoms with Crippen molar-refractivity contribution in [2.24, 2.45) is 7.05 Å². The lowest BCUT2D eigenvalue weighted by Gasteiger charge is -2.37. The maximum absolute atomic E-state index is 14.6. The lowest BCUT2D eigenvalue weighted by atomic mass is 10.0. The van der Waals surface area contributed by atoms with E-state index in [-0.39, 0.29) is 11.4 Å². The Hall–Kier alpha value is -5.46. The van der Waals surface area contributed by atoms with Crippen LogP contribution in [0.3, 0.4) is 0 Å². The van der Waals surface area contributed by atoms with Gasteiger partial charge in [0.15, 0.2) is 0 Å². The van der Waals surface area contributed by atoms with Crippen LogP contribution in [-0.2, 0) is 13.2 Å². The number of benzene rings is 2. The van der Waals surface area contributed by atoms with E-state index in [1.165, 1.54) is 22.3 Å². The van der Waals surface area contributed by atoms with Crippen LogP contribution >= 0.6 is 0 Å². The molecule has 0 N–H and O–H groups in total. The van der Waals surface area contributed by atoms with Crippen LogP contribution in [0.25, 0.3) is 38.8 Å². The summed E-state index contributed by atoms with van der Waals surface area (Å²) in [6.07, 6.45) is 1.87. The Bertz CT molecular complexity index is 2090. The van der Waals surface area contributed by atoms with Crippen molar-refractivity contribution in [2.75, 3.05) is 43.1 Å². The molecule has 45 heavy (non-hydrogen) atoms. The number of imidazole rings is 1. The van der Waals surface area contributed by atoms with E-state index >= 15 is 0 Å². The number of halogens is 3. The van der Waals surface area contributed by atoms with Crippen molar-refractivity contribution in [1.29, 1.82) is 0 Å². The molecule has 0 saturated carbocycles. The molecule has 1 saturated heterocycles. The zero-order chi connectivity index (χ0) is 31.3. The number of hydrogen-bond acceptors (Lipinski definition) is 8. The van der Waals surface area contributed by atoms with Gasteiger partial charge >= 0.3 is 11.9 Å². The molecule has 4 aromatic heterocycles.